The minimum absolute atomic E-state index is 0.0268. The number of hydrogen-bond donors (Lipinski definition) is 1. The highest BCUT2D eigenvalue weighted by Gasteiger charge is 2.09. The molecule has 6 heteroatoms. The molecule has 104 valence electrons. The Morgan fingerprint density at radius 3 is 2.58 bits per heavy atom. The lowest BCUT2D eigenvalue weighted by molar-refractivity contribution is -0.128. The van der Waals surface area contributed by atoms with Crippen molar-refractivity contribution < 1.29 is 9.59 Å². The predicted octanol–water partition coefficient (Wildman–Crippen LogP) is 2.13. The van der Waals surface area contributed by atoms with Crippen LogP contribution in [-0.2, 0) is 16.0 Å². The van der Waals surface area contributed by atoms with Crippen molar-refractivity contribution in [1.29, 1.82) is 0 Å². The first-order valence-electron chi connectivity index (χ1n) is 5.81. The topological polar surface area (TPSA) is 49.4 Å². The Hall–Kier alpha value is -1.26. The summed E-state index contributed by atoms with van der Waals surface area (Å²) in [6, 6.07) is 4.98. The highest BCUT2D eigenvalue weighted by Crippen LogP contribution is 2.20. The summed E-state index contributed by atoms with van der Waals surface area (Å²) in [5.41, 5.74) is 0.672. The van der Waals surface area contributed by atoms with E-state index in [4.69, 9.17) is 23.2 Å². The number of carbonyl (C=O) groups excluding carboxylic acids is 2. The fourth-order valence-electron chi connectivity index (χ4n) is 1.45. The lowest BCUT2D eigenvalue weighted by Crippen LogP contribution is -2.31. The summed E-state index contributed by atoms with van der Waals surface area (Å²) in [6.07, 6.45) is 0.428. The van der Waals surface area contributed by atoms with Crippen LogP contribution in [0, 0.1) is 0 Å². The Labute approximate surface area is 122 Å². The Bertz CT molecular complexity index is 476. The maximum absolute atomic E-state index is 11.7. The van der Waals surface area contributed by atoms with Crippen molar-refractivity contribution in [3.8, 4) is 0 Å². The molecule has 0 aliphatic heterocycles. The van der Waals surface area contributed by atoms with Crippen LogP contribution in [0.25, 0.3) is 0 Å². The first-order valence-corrected chi connectivity index (χ1v) is 6.56. The SMILES string of the molecule is CN(C)C(=O)CCNC(=O)Cc1cc(Cl)ccc1Cl. The van der Waals surface area contributed by atoms with Gasteiger partial charge in [0.05, 0.1) is 6.42 Å². The van der Waals surface area contributed by atoms with Gasteiger partial charge in [-0.05, 0) is 23.8 Å². The first-order chi connectivity index (χ1) is 8.90. The molecule has 1 N–H and O–H groups in total. The monoisotopic (exact) mass is 302 g/mol. The predicted molar refractivity (Wildman–Crippen MR) is 76.5 cm³/mol. The van der Waals surface area contributed by atoms with Gasteiger partial charge >= 0.3 is 0 Å². The van der Waals surface area contributed by atoms with E-state index >= 15 is 0 Å². The fraction of sp³-hybridized carbons (Fsp3) is 0.385. The molecule has 0 unspecified atom stereocenters. The third-order valence-electron chi connectivity index (χ3n) is 2.52. The molecule has 4 nitrogen and oxygen atoms in total. The Kier molecular flexibility index (Phi) is 6.12. The Morgan fingerprint density at radius 2 is 1.95 bits per heavy atom. The second-order valence-corrected chi connectivity index (χ2v) is 5.14. The van der Waals surface area contributed by atoms with E-state index in [1.165, 1.54) is 4.90 Å². The van der Waals surface area contributed by atoms with Gasteiger partial charge in [0.15, 0.2) is 0 Å². The van der Waals surface area contributed by atoms with Crippen LogP contribution in [-0.4, -0.2) is 37.4 Å². The third-order valence-corrected chi connectivity index (χ3v) is 3.12. The molecule has 0 aromatic heterocycles. The van der Waals surface area contributed by atoms with Crippen LogP contribution >= 0.6 is 23.2 Å². The van der Waals surface area contributed by atoms with Gasteiger partial charge in [-0.15, -0.1) is 0 Å². The fourth-order valence-corrected chi connectivity index (χ4v) is 1.83. The molecule has 0 aliphatic rings. The Morgan fingerprint density at radius 1 is 1.26 bits per heavy atom. The van der Waals surface area contributed by atoms with Gasteiger partial charge in [0.25, 0.3) is 0 Å². The quantitative estimate of drug-likeness (QED) is 0.906. The molecule has 0 radical (unpaired) electrons. The zero-order chi connectivity index (χ0) is 14.4. The zero-order valence-electron chi connectivity index (χ0n) is 10.9. The van der Waals surface area contributed by atoms with Crippen LogP contribution in [0.4, 0.5) is 0 Å². The van der Waals surface area contributed by atoms with Crippen molar-refractivity contribution in [2.75, 3.05) is 20.6 Å². The van der Waals surface area contributed by atoms with E-state index in [-0.39, 0.29) is 24.7 Å². The molecule has 19 heavy (non-hydrogen) atoms. The molecule has 0 aliphatic carbocycles. The zero-order valence-corrected chi connectivity index (χ0v) is 12.4. The molecule has 0 heterocycles. The van der Waals surface area contributed by atoms with Crippen molar-refractivity contribution in [2.45, 2.75) is 12.8 Å². The summed E-state index contributed by atoms with van der Waals surface area (Å²) >= 11 is 11.8. The summed E-state index contributed by atoms with van der Waals surface area (Å²) in [5, 5.41) is 3.72. The third kappa shape index (κ3) is 5.49. The molecule has 0 saturated heterocycles. The van der Waals surface area contributed by atoms with Gasteiger partial charge in [0, 0.05) is 37.1 Å². The summed E-state index contributed by atoms with van der Waals surface area (Å²) in [6.45, 7) is 0.314. The van der Waals surface area contributed by atoms with E-state index in [1.54, 1.807) is 32.3 Å². The van der Waals surface area contributed by atoms with E-state index in [9.17, 15) is 9.59 Å². The van der Waals surface area contributed by atoms with E-state index < -0.39 is 0 Å². The average Bonchev–Trinajstić information content (AvgIpc) is 2.33. The van der Waals surface area contributed by atoms with Crippen LogP contribution in [0.15, 0.2) is 18.2 Å². The second-order valence-electron chi connectivity index (χ2n) is 4.30. The highest BCUT2D eigenvalue weighted by molar-refractivity contribution is 6.33. The average molecular weight is 303 g/mol. The molecular weight excluding hydrogens is 287 g/mol. The van der Waals surface area contributed by atoms with Gasteiger partial charge in [-0.2, -0.15) is 0 Å². The molecule has 0 bridgehead atoms. The molecule has 0 atom stereocenters. The lowest BCUT2D eigenvalue weighted by Gasteiger charge is -2.11. The number of nitrogens with one attached hydrogen (secondary N) is 1. The summed E-state index contributed by atoms with van der Waals surface area (Å²) in [7, 11) is 3.35. The summed E-state index contributed by atoms with van der Waals surface area (Å²) in [4.78, 5) is 24.5. The maximum atomic E-state index is 11.7. The van der Waals surface area contributed by atoms with Gasteiger partial charge in [-0.25, -0.2) is 0 Å². The van der Waals surface area contributed by atoms with Gasteiger partial charge in [-0.3, -0.25) is 9.59 Å². The summed E-state index contributed by atoms with van der Waals surface area (Å²) < 4.78 is 0. The van der Waals surface area contributed by atoms with Gasteiger partial charge < -0.3 is 10.2 Å². The normalized spacial score (nSPS) is 10.1. The van der Waals surface area contributed by atoms with Crippen molar-refractivity contribution >= 4 is 35.0 Å². The van der Waals surface area contributed by atoms with E-state index in [1.807, 2.05) is 0 Å². The molecule has 1 aromatic carbocycles. The number of rotatable bonds is 5. The maximum Gasteiger partial charge on any atom is 0.224 e. The van der Waals surface area contributed by atoms with Crippen molar-refractivity contribution in [3.63, 3.8) is 0 Å². The number of carbonyl (C=O) groups is 2. The van der Waals surface area contributed by atoms with E-state index in [0.29, 0.717) is 22.2 Å². The van der Waals surface area contributed by atoms with Crippen LogP contribution in [0.2, 0.25) is 10.0 Å². The first kappa shape index (κ1) is 15.8. The highest BCUT2D eigenvalue weighted by atomic mass is 35.5. The minimum Gasteiger partial charge on any atom is -0.355 e. The number of benzene rings is 1. The number of amides is 2. The molecular formula is C13H16Cl2N2O2. The van der Waals surface area contributed by atoms with Crippen LogP contribution < -0.4 is 5.32 Å². The van der Waals surface area contributed by atoms with Crippen LogP contribution in [0.1, 0.15) is 12.0 Å². The van der Waals surface area contributed by atoms with Crippen molar-refractivity contribution in [2.24, 2.45) is 0 Å². The molecule has 0 fully saturated rings. The lowest BCUT2D eigenvalue weighted by atomic mass is 10.1. The van der Waals surface area contributed by atoms with Gasteiger partial charge in [0.2, 0.25) is 11.8 Å². The largest absolute Gasteiger partial charge is 0.355 e. The van der Waals surface area contributed by atoms with Gasteiger partial charge in [0.1, 0.15) is 0 Å². The molecule has 2 amide bonds. The Balaban J connectivity index is 2.43. The minimum atomic E-state index is -0.185. The van der Waals surface area contributed by atoms with E-state index in [0.717, 1.165) is 0 Å². The van der Waals surface area contributed by atoms with Crippen molar-refractivity contribution in [1.82, 2.24) is 10.2 Å². The molecule has 1 rings (SSSR count). The second kappa shape index (κ2) is 7.36. The summed E-state index contributed by atoms with van der Waals surface area (Å²) in [5.74, 6) is -0.211. The standard InChI is InChI=1S/C13H16Cl2N2O2/c1-17(2)13(19)5-6-16-12(18)8-9-7-10(14)3-4-11(9)15/h3-4,7H,5-6,8H2,1-2H3,(H,16,18). The van der Waals surface area contributed by atoms with Crippen LogP contribution in [0.3, 0.4) is 0 Å². The molecule has 1 aromatic rings. The van der Waals surface area contributed by atoms with Crippen LogP contribution in [0.5, 0.6) is 0 Å². The van der Waals surface area contributed by atoms with Gasteiger partial charge in [-0.1, -0.05) is 23.2 Å². The smallest absolute Gasteiger partial charge is 0.224 e. The number of halogens is 2. The number of nitrogens with zero attached hydrogens (tertiary/aromatic N) is 1. The molecule has 0 saturated carbocycles. The molecule has 0 spiro atoms. The van der Waals surface area contributed by atoms with E-state index in [2.05, 4.69) is 5.32 Å². The van der Waals surface area contributed by atoms with Crippen molar-refractivity contribution in [3.05, 3.63) is 33.8 Å². The number of hydrogen-bond acceptors (Lipinski definition) is 2.